The first-order valence-electron chi connectivity index (χ1n) is 9.17. The minimum absolute atomic E-state index is 0.0522. The zero-order valence-corrected chi connectivity index (χ0v) is 16.1. The number of aromatic nitrogens is 2. The van der Waals surface area contributed by atoms with Crippen LogP contribution in [0.1, 0.15) is 24.1 Å². The molecule has 28 heavy (non-hydrogen) atoms. The first-order valence-corrected chi connectivity index (χ1v) is 9.17. The molecule has 146 valence electrons. The van der Waals surface area contributed by atoms with Gasteiger partial charge in [-0.15, -0.1) is 0 Å². The molecule has 0 radical (unpaired) electrons. The lowest BCUT2D eigenvalue weighted by molar-refractivity contribution is 0.255. The highest BCUT2D eigenvalue weighted by molar-refractivity contribution is 5.70. The summed E-state index contributed by atoms with van der Waals surface area (Å²) in [7, 11) is 1.63. The van der Waals surface area contributed by atoms with E-state index >= 15 is 0 Å². The van der Waals surface area contributed by atoms with Crippen LogP contribution in [0.5, 0.6) is 11.8 Å². The first kappa shape index (κ1) is 19.8. The van der Waals surface area contributed by atoms with Gasteiger partial charge in [0.15, 0.2) is 0 Å². The minimum atomic E-state index is -0.574. The number of alkyl halides is 1. The maximum Gasteiger partial charge on any atom is 0.316 e. The standard InChI is InChI=1S/C22H24FN3O2/c1-16(18-6-4-3-5-7-18)24-13-17-8-9-21(27-2)20(12-17)19-14-25-22(26-15-19)28-11-10-23/h3-9,12,14-16,24H,10-11,13H2,1-2H3/t16-/m1/s1. The van der Waals surface area contributed by atoms with E-state index in [4.69, 9.17) is 9.47 Å². The Hall–Kier alpha value is -2.99. The molecule has 6 heteroatoms. The van der Waals surface area contributed by atoms with Gasteiger partial charge in [-0.1, -0.05) is 36.4 Å². The van der Waals surface area contributed by atoms with Gasteiger partial charge < -0.3 is 14.8 Å². The van der Waals surface area contributed by atoms with Gasteiger partial charge in [0.25, 0.3) is 0 Å². The second kappa shape index (κ2) is 9.80. The highest BCUT2D eigenvalue weighted by atomic mass is 19.1. The lowest BCUT2D eigenvalue weighted by Crippen LogP contribution is -2.18. The molecule has 1 atom stereocenters. The molecule has 0 unspecified atom stereocenters. The summed E-state index contributed by atoms with van der Waals surface area (Å²) in [6.07, 6.45) is 3.31. The number of benzene rings is 2. The molecule has 0 aliphatic carbocycles. The second-order valence-corrected chi connectivity index (χ2v) is 6.34. The molecule has 1 N–H and O–H groups in total. The van der Waals surface area contributed by atoms with Crippen molar-refractivity contribution in [3.63, 3.8) is 0 Å². The van der Waals surface area contributed by atoms with Crippen LogP contribution in [0, 0.1) is 0 Å². The van der Waals surface area contributed by atoms with E-state index in [9.17, 15) is 4.39 Å². The molecule has 0 bridgehead atoms. The summed E-state index contributed by atoms with van der Waals surface area (Å²) in [5.74, 6) is 0.737. The van der Waals surface area contributed by atoms with Gasteiger partial charge in [-0.3, -0.25) is 0 Å². The topological polar surface area (TPSA) is 56.3 Å². The van der Waals surface area contributed by atoms with Crippen LogP contribution in [0.2, 0.25) is 0 Å². The summed E-state index contributed by atoms with van der Waals surface area (Å²) < 4.78 is 22.8. The van der Waals surface area contributed by atoms with Crippen molar-refractivity contribution < 1.29 is 13.9 Å². The van der Waals surface area contributed by atoms with Crippen LogP contribution in [0.4, 0.5) is 4.39 Å². The Morgan fingerprint density at radius 2 is 1.82 bits per heavy atom. The molecule has 0 saturated heterocycles. The average molecular weight is 381 g/mol. The summed E-state index contributed by atoms with van der Waals surface area (Å²) in [6.45, 7) is 2.23. The third-order valence-corrected chi connectivity index (χ3v) is 4.42. The van der Waals surface area contributed by atoms with E-state index in [1.165, 1.54) is 5.56 Å². The quantitative estimate of drug-likeness (QED) is 0.597. The molecular formula is C22H24FN3O2. The van der Waals surface area contributed by atoms with Crippen LogP contribution in [0.25, 0.3) is 11.1 Å². The summed E-state index contributed by atoms with van der Waals surface area (Å²) >= 11 is 0. The zero-order chi connectivity index (χ0) is 19.8. The molecular weight excluding hydrogens is 357 g/mol. The van der Waals surface area contributed by atoms with Crippen molar-refractivity contribution in [2.75, 3.05) is 20.4 Å². The Bertz CT molecular complexity index is 873. The zero-order valence-electron chi connectivity index (χ0n) is 16.1. The molecule has 0 aliphatic rings. The van der Waals surface area contributed by atoms with Crippen LogP contribution in [0.3, 0.4) is 0 Å². The molecule has 3 rings (SSSR count). The number of hydrogen-bond acceptors (Lipinski definition) is 5. The SMILES string of the molecule is COc1ccc(CN[C@H](C)c2ccccc2)cc1-c1cnc(OCCF)nc1. The molecule has 0 amide bonds. The smallest absolute Gasteiger partial charge is 0.316 e. The van der Waals surface area contributed by atoms with Crippen LogP contribution in [-0.2, 0) is 6.54 Å². The predicted octanol–water partition coefficient (Wildman–Crippen LogP) is 4.35. The van der Waals surface area contributed by atoms with E-state index in [0.717, 1.165) is 22.4 Å². The van der Waals surface area contributed by atoms with E-state index in [-0.39, 0.29) is 18.7 Å². The fourth-order valence-corrected chi connectivity index (χ4v) is 2.88. The van der Waals surface area contributed by atoms with Crippen molar-refractivity contribution in [1.82, 2.24) is 15.3 Å². The lowest BCUT2D eigenvalue weighted by atomic mass is 10.0. The van der Waals surface area contributed by atoms with Gasteiger partial charge in [-0.25, -0.2) is 14.4 Å². The largest absolute Gasteiger partial charge is 0.496 e. The highest BCUT2D eigenvalue weighted by Gasteiger charge is 2.10. The Morgan fingerprint density at radius 3 is 2.50 bits per heavy atom. The number of ether oxygens (including phenoxy) is 2. The Morgan fingerprint density at radius 1 is 1.07 bits per heavy atom. The Kier molecular flexibility index (Phi) is 6.92. The molecule has 0 spiro atoms. The van der Waals surface area contributed by atoms with E-state index < -0.39 is 6.67 Å². The second-order valence-electron chi connectivity index (χ2n) is 6.34. The van der Waals surface area contributed by atoms with Gasteiger partial charge in [0.2, 0.25) is 0 Å². The van der Waals surface area contributed by atoms with Crippen molar-refractivity contribution >= 4 is 0 Å². The van der Waals surface area contributed by atoms with Gasteiger partial charge >= 0.3 is 6.01 Å². The minimum Gasteiger partial charge on any atom is -0.496 e. The van der Waals surface area contributed by atoms with Gasteiger partial charge in [-0.2, -0.15) is 0 Å². The summed E-state index contributed by atoms with van der Waals surface area (Å²) in [6, 6.07) is 16.8. The monoisotopic (exact) mass is 381 g/mol. The van der Waals surface area contributed by atoms with E-state index in [1.807, 2.05) is 30.3 Å². The third kappa shape index (κ3) is 5.04. The van der Waals surface area contributed by atoms with Gasteiger partial charge in [0.1, 0.15) is 19.0 Å². The van der Waals surface area contributed by atoms with Crippen molar-refractivity contribution in [3.05, 3.63) is 72.1 Å². The maximum absolute atomic E-state index is 12.2. The molecule has 0 aliphatic heterocycles. The molecule has 1 heterocycles. The molecule has 0 saturated carbocycles. The predicted molar refractivity (Wildman–Crippen MR) is 107 cm³/mol. The van der Waals surface area contributed by atoms with Gasteiger partial charge in [0.05, 0.1) is 7.11 Å². The summed E-state index contributed by atoms with van der Waals surface area (Å²) in [5, 5.41) is 3.54. The highest BCUT2D eigenvalue weighted by Crippen LogP contribution is 2.30. The van der Waals surface area contributed by atoms with E-state index in [2.05, 4.69) is 40.4 Å². The van der Waals surface area contributed by atoms with Crippen LogP contribution in [-0.4, -0.2) is 30.4 Å². The fourth-order valence-electron chi connectivity index (χ4n) is 2.88. The molecule has 3 aromatic rings. The number of methoxy groups -OCH3 is 1. The molecule has 0 fully saturated rings. The van der Waals surface area contributed by atoms with Crippen LogP contribution >= 0.6 is 0 Å². The summed E-state index contributed by atoms with van der Waals surface area (Å²) in [4.78, 5) is 8.28. The number of halogens is 1. The first-order chi connectivity index (χ1) is 13.7. The van der Waals surface area contributed by atoms with Gasteiger partial charge in [0, 0.05) is 36.1 Å². The number of hydrogen-bond donors (Lipinski definition) is 1. The van der Waals surface area contributed by atoms with Crippen molar-refractivity contribution in [2.24, 2.45) is 0 Å². The van der Waals surface area contributed by atoms with Crippen molar-refractivity contribution in [2.45, 2.75) is 19.5 Å². The summed E-state index contributed by atoms with van der Waals surface area (Å²) in [5.41, 5.74) is 4.07. The fraction of sp³-hybridized carbons (Fsp3) is 0.273. The molecule has 1 aromatic heterocycles. The number of nitrogens with zero attached hydrogens (tertiary/aromatic N) is 2. The molecule has 5 nitrogen and oxygen atoms in total. The van der Waals surface area contributed by atoms with Crippen LogP contribution < -0.4 is 14.8 Å². The Balaban J connectivity index is 1.74. The normalized spacial score (nSPS) is 11.8. The van der Waals surface area contributed by atoms with Crippen LogP contribution in [0.15, 0.2) is 60.9 Å². The average Bonchev–Trinajstić information content (AvgIpc) is 2.76. The van der Waals surface area contributed by atoms with Gasteiger partial charge in [-0.05, 0) is 30.2 Å². The van der Waals surface area contributed by atoms with E-state index in [1.54, 1.807) is 19.5 Å². The maximum atomic E-state index is 12.2. The third-order valence-electron chi connectivity index (χ3n) is 4.42. The van der Waals surface area contributed by atoms with E-state index in [0.29, 0.717) is 6.54 Å². The van der Waals surface area contributed by atoms with Crippen molar-refractivity contribution in [3.8, 4) is 22.9 Å². The Labute approximate surface area is 164 Å². The van der Waals surface area contributed by atoms with Crippen molar-refractivity contribution in [1.29, 1.82) is 0 Å². The lowest BCUT2D eigenvalue weighted by Gasteiger charge is -2.16. The molecule has 2 aromatic carbocycles. The number of nitrogens with one attached hydrogen (secondary N) is 1. The number of rotatable bonds is 9.